The fraction of sp³-hybridized carbons (Fsp3) is 0.400. The monoisotopic (exact) mass is 405 g/mol. The molecule has 1 saturated heterocycles. The van der Waals surface area contributed by atoms with Gasteiger partial charge in [-0.2, -0.15) is 5.10 Å². The number of aromatic nitrogens is 5. The second-order valence-corrected chi connectivity index (χ2v) is 6.67. The lowest BCUT2D eigenvalue weighted by Crippen LogP contribution is -2.49. The maximum Gasteiger partial charge on any atom is 0.292 e. The summed E-state index contributed by atoms with van der Waals surface area (Å²) in [6.07, 6.45) is 1.54. The van der Waals surface area contributed by atoms with Gasteiger partial charge in [0.25, 0.3) is 5.91 Å². The number of hydrogen-bond donors (Lipinski definition) is 0. The largest absolute Gasteiger partial charge is 0.352 e. The fourth-order valence-electron chi connectivity index (χ4n) is 3.01. The number of nitrogens with zero attached hydrogens (tertiary/aromatic N) is 7. The first-order chi connectivity index (χ1) is 12.0. The number of carbonyl (C=O) groups is 1. The molecule has 0 radical (unpaired) electrons. The van der Waals surface area contributed by atoms with Gasteiger partial charge in [-0.25, -0.2) is 14.6 Å². The third-order valence-electron chi connectivity index (χ3n) is 4.26. The highest BCUT2D eigenvalue weighted by atomic mass is 79.9. The van der Waals surface area contributed by atoms with Crippen molar-refractivity contribution in [3.8, 4) is 0 Å². The first kappa shape index (κ1) is 16.0. The van der Waals surface area contributed by atoms with Crippen LogP contribution in [0.4, 0.5) is 5.82 Å². The standard InChI is InChI=1S/C15H16BrN7O2/c1-9-7-10(25-20-9)15(24)23-5-3-22(4-6-23)14-11-12(16)19-21(2)13(11)17-8-18-14/h7-8H,3-6H2,1-2H3. The molecule has 3 aromatic rings. The van der Waals surface area contributed by atoms with E-state index in [2.05, 4.69) is 41.1 Å². The predicted molar refractivity (Wildman–Crippen MR) is 93.4 cm³/mol. The van der Waals surface area contributed by atoms with Crippen molar-refractivity contribution in [2.24, 2.45) is 7.05 Å². The van der Waals surface area contributed by atoms with Crippen molar-refractivity contribution >= 4 is 38.7 Å². The molecule has 10 heteroatoms. The number of rotatable bonds is 2. The van der Waals surface area contributed by atoms with Crippen LogP contribution in [0.1, 0.15) is 16.2 Å². The molecule has 0 atom stereocenters. The molecular formula is C15H16BrN7O2. The van der Waals surface area contributed by atoms with Crippen LogP contribution in [0.2, 0.25) is 0 Å². The van der Waals surface area contributed by atoms with Gasteiger partial charge in [0, 0.05) is 39.3 Å². The molecule has 25 heavy (non-hydrogen) atoms. The molecule has 1 fully saturated rings. The molecule has 9 nitrogen and oxygen atoms in total. The molecule has 4 heterocycles. The van der Waals surface area contributed by atoms with Crippen molar-refractivity contribution in [2.45, 2.75) is 6.92 Å². The fourth-order valence-corrected chi connectivity index (χ4v) is 3.60. The first-order valence-electron chi connectivity index (χ1n) is 7.85. The number of hydrogen-bond acceptors (Lipinski definition) is 7. The Kier molecular flexibility index (Phi) is 3.91. The highest BCUT2D eigenvalue weighted by Gasteiger charge is 2.27. The normalized spacial score (nSPS) is 15.2. The molecule has 1 aliphatic rings. The Hall–Kier alpha value is -2.49. The highest BCUT2D eigenvalue weighted by Crippen LogP contribution is 2.30. The van der Waals surface area contributed by atoms with Gasteiger partial charge in [-0.15, -0.1) is 0 Å². The Labute approximate surface area is 151 Å². The van der Waals surface area contributed by atoms with Crippen LogP contribution in [0.15, 0.2) is 21.5 Å². The van der Waals surface area contributed by atoms with E-state index in [1.807, 2.05) is 7.05 Å². The lowest BCUT2D eigenvalue weighted by atomic mass is 10.2. The molecule has 1 aliphatic heterocycles. The third-order valence-corrected chi connectivity index (χ3v) is 4.82. The van der Waals surface area contributed by atoms with Crippen molar-refractivity contribution < 1.29 is 9.32 Å². The number of aryl methyl sites for hydroxylation is 2. The minimum absolute atomic E-state index is 0.129. The number of fused-ring (bicyclic) bond motifs is 1. The predicted octanol–water partition coefficient (Wildman–Crippen LogP) is 1.38. The second-order valence-electron chi connectivity index (χ2n) is 5.92. The number of anilines is 1. The maximum atomic E-state index is 12.5. The molecule has 0 N–H and O–H groups in total. The van der Waals surface area contributed by atoms with Gasteiger partial charge in [0.15, 0.2) is 5.65 Å². The van der Waals surface area contributed by atoms with Gasteiger partial charge in [-0.05, 0) is 22.9 Å². The van der Waals surface area contributed by atoms with E-state index in [-0.39, 0.29) is 11.7 Å². The van der Waals surface area contributed by atoms with Crippen LogP contribution in [-0.4, -0.2) is 61.9 Å². The van der Waals surface area contributed by atoms with Crippen LogP contribution in [0.25, 0.3) is 11.0 Å². The van der Waals surface area contributed by atoms with Crippen molar-refractivity contribution in [2.75, 3.05) is 31.1 Å². The Morgan fingerprint density at radius 3 is 2.68 bits per heavy atom. The quantitative estimate of drug-likeness (QED) is 0.635. The zero-order valence-corrected chi connectivity index (χ0v) is 15.4. The molecule has 3 aromatic heterocycles. The van der Waals surface area contributed by atoms with E-state index in [4.69, 9.17) is 4.52 Å². The van der Waals surface area contributed by atoms with Crippen LogP contribution in [-0.2, 0) is 7.05 Å². The summed E-state index contributed by atoms with van der Waals surface area (Å²) in [5, 5.41) is 9.01. The topological polar surface area (TPSA) is 93.2 Å². The third kappa shape index (κ3) is 2.76. The van der Waals surface area contributed by atoms with Gasteiger partial charge in [0.05, 0.1) is 11.1 Å². The summed E-state index contributed by atoms with van der Waals surface area (Å²) in [5.41, 5.74) is 1.47. The molecule has 0 spiro atoms. The Morgan fingerprint density at radius 1 is 1.24 bits per heavy atom. The summed E-state index contributed by atoms with van der Waals surface area (Å²) in [5.74, 6) is 0.980. The van der Waals surface area contributed by atoms with Gasteiger partial charge in [0.1, 0.15) is 16.7 Å². The van der Waals surface area contributed by atoms with Gasteiger partial charge < -0.3 is 14.3 Å². The van der Waals surface area contributed by atoms with E-state index < -0.39 is 0 Å². The number of halogens is 1. The molecule has 0 bridgehead atoms. The summed E-state index contributed by atoms with van der Waals surface area (Å²) in [6, 6.07) is 1.66. The van der Waals surface area contributed by atoms with E-state index >= 15 is 0 Å². The van der Waals surface area contributed by atoms with Crippen LogP contribution < -0.4 is 4.90 Å². The van der Waals surface area contributed by atoms with Crippen LogP contribution in [0, 0.1) is 6.92 Å². The van der Waals surface area contributed by atoms with Crippen LogP contribution >= 0.6 is 15.9 Å². The van der Waals surface area contributed by atoms with Gasteiger partial charge in [-0.1, -0.05) is 5.16 Å². The zero-order chi connectivity index (χ0) is 17.6. The van der Waals surface area contributed by atoms with Crippen LogP contribution in [0.3, 0.4) is 0 Å². The molecule has 130 valence electrons. The summed E-state index contributed by atoms with van der Waals surface area (Å²) in [6.45, 7) is 4.31. The Balaban J connectivity index is 1.54. The number of carbonyl (C=O) groups excluding carboxylic acids is 1. The maximum absolute atomic E-state index is 12.5. The molecule has 0 unspecified atom stereocenters. The molecular weight excluding hydrogens is 390 g/mol. The number of amides is 1. The smallest absolute Gasteiger partial charge is 0.292 e. The minimum atomic E-state index is -0.129. The number of piperazine rings is 1. The lowest BCUT2D eigenvalue weighted by molar-refractivity contribution is 0.0704. The summed E-state index contributed by atoms with van der Waals surface area (Å²) in [7, 11) is 1.85. The highest BCUT2D eigenvalue weighted by molar-refractivity contribution is 9.10. The zero-order valence-electron chi connectivity index (χ0n) is 13.8. The summed E-state index contributed by atoms with van der Waals surface area (Å²) >= 11 is 3.48. The average Bonchev–Trinajstić information content (AvgIpc) is 3.18. The Bertz CT molecular complexity index is 943. The van der Waals surface area contributed by atoms with Gasteiger partial charge in [0.2, 0.25) is 5.76 Å². The second kappa shape index (κ2) is 6.10. The Morgan fingerprint density at radius 2 is 2.00 bits per heavy atom. The van der Waals surface area contributed by atoms with E-state index in [0.717, 1.165) is 21.5 Å². The van der Waals surface area contributed by atoms with Crippen molar-refractivity contribution in [3.63, 3.8) is 0 Å². The lowest BCUT2D eigenvalue weighted by Gasteiger charge is -2.35. The minimum Gasteiger partial charge on any atom is -0.352 e. The van der Waals surface area contributed by atoms with E-state index in [9.17, 15) is 4.79 Å². The van der Waals surface area contributed by atoms with E-state index in [1.165, 1.54) is 0 Å². The molecule has 0 aliphatic carbocycles. The molecule has 0 aromatic carbocycles. The molecule has 0 saturated carbocycles. The summed E-state index contributed by atoms with van der Waals surface area (Å²) in [4.78, 5) is 25.1. The van der Waals surface area contributed by atoms with E-state index in [1.54, 1.807) is 28.9 Å². The average molecular weight is 406 g/mol. The first-order valence-corrected chi connectivity index (χ1v) is 8.64. The van der Waals surface area contributed by atoms with Gasteiger partial charge in [-0.3, -0.25) is 4.79 Å². The van der Waals surface area contributed by atoms with Crippen molar-refractivity contribution in [1.82, 2.24) is 29.8 Å². The SMILES string of the molecule is Cc1cc(C(=O)N2CCN(c3ncnc4c3c(Br)nn4C)CC2)on1. The van der Waals surface area contributed by atoms with Crippen molar-refractivity contribution in [1.29, 1.82) is 0 Å². The van der Waals surface area contributed by atoms with E-state index in [0.29, 0.717) is 31.9 Å². The van der Waals surface area contributed by atoms with Crippen LogP contribution in [0.5, 0.6) is 0 Å². The van der Waals surface area contributed by atoms with Crippen molar-refractivity contribution in [3.05, 3.63) is 28.5 Å². The molecule has 1 amide bonds. The van der Waals surface area contributed by atoms with Gasteiger partial charge >= 0.3 is 0 Å². The summed E-state index contributed by atoms with van der Waals surface area (Å²) < 4.78 is 7.51. The molecule has 4 rings (SSSR count).